The number of aliphatic carboxylic acids is 1. The molecule has 0 saturated carbocycles. The third kappa shape index (κ3) is 4.13. The summed E-state index contributed by atoms with van der Waals surface area (Å²) in [5.74, 6) is 3.79. The number of rotatable bonds is 2. The van der Waals surface area contributed by atoms with Crippen LogP contribution in [0.5, 0.6) is 0 Å². The number of nitrogens with zero attached hydrogens (tertiary/aromatic N) is 1. The predicted octanol–water partition coefficient (Wildman–Crippen LogP) is 1.50. The second-order valence-corrected chi connectivity index (χ2v) is 4.47. The topological polar surface area (TPSA) is 66.8 Å². The van der Waals surface area contributed by atoms with Crippen LogP contribution in [0.4, 0.5) is 4.79 Å². The highest BCUT2D eigenvalue weighted by atomic mass is 16.6. The van der Waals surface area contributed by atoms with Crippen molar-refractivity contribution in [3.63, 3.8) is 0 Å². The molecule has 18 heavy (non-hydrogen) atoms. The zero-order valence-corrected chi connectivity index (χ0v) is 10.4. The van der Waals surface area contributed by atoms with Crippen molar-refractivity contribution in [3.05, 3.63) is 12.7 Å². The number of piperidine rings is 1. The first-order chi connectivity index (χ1) is 8.47. The number of ether oxygens (including phenoxy) is 1. The van der Waals surface area contributed by atoms with Crippen LogP contribution in [0, 0.1) is 17.3 Å². The summed E-state index contributed by atoms with van der Waals surface area (Å²) in [7, 11) is 0. The number of amides is 1. The summed E-state index contributed by atoms with van der Waals surface area (Å²) in [4.78, 5) is 23.6. The number of carbonyl (C=O) groups is 2. The molecular weight excluding hydrogens is 234 g/mol. The molecule has 0 atom stereocenters. The van der Waals surface area contributed by atoms with Gasteiger partial charge in [0.1, 0.15) is 6.61 Å². The molecule has 1 saturated heterocycles. The summed E-state index contributed by atoms with van der Waals surface area (Å²) in [5, 5.41) is 8.53. The molecule has 0 aliphatic carbocycles. The smallest absolute Gasteiger partial charge is 0.410 e. The number of carbonyl (C=O) groups excluding carboxylic acids is 1. The molecule has 1 aliphatic heterocycles. The summed E-state index contributed by atoms with van der Waals surface area (Å²) in [6.07, 6.45) is 2.46. The lowest BCUT2D eigenvalue weighted by Gasteiger charge is -2.35. The van der Waals surface area contributed by atoms with Gasteiger partial charge in [-0.1, -0.05) is 18.6 Å². The Labute approximate surface area is 106 Å². The average molecular weight is 251 g/mol. The van der Waals surface area contributed by atoms with Crippen LogP contribution in [-0.4, -0.2) is 41.8 Å². The van der Waals surface area contributed by atoms with E-state index < -0.39 is 5.97 Å². The molecule has 1 rings (SSSR count). The second kappa shape index (κ2) is 6.10. The van der Waals surface area contributed by atoms with Crippen molar-refractivity contribution in [1.82, 2.24) is 4.90 Å². The van der Waals surface area contributed by atoms with Gasteiger partial charge in [0, 0.05) is 24.4 Å². The van der Waals surface area contributed by atoms with E-state index in [1.54, 1.807) is 4.90 Å². The molecule has 5 nitrogen and oxygen atoms in total. The number of carboxylic acid groups (broad SMARTS) is 1. The van der Waals surface area contributed by atoms with Crippen molar-refractivity contribution in [2.24, 2.45) is 5.41 Å². The Balaban J connectivity index is 2.50. The van der Waals surface area contributed by atoms with E-state index in [1.807, 2.05) is 6.92 Å². The highest BCUT2D eigenvalue weighted by Crippen LogP contribution is 2.30. The van der Waals surface area contributed by atoms with Crippen molar-refractivity contribution in [2.75, 3.05) is 19.7 Å². The highest BCUT2D eigenvalue weighted by Gasteiger charge is 2.31. The van der Waals surface area contributed by atoms with E-state index in [1.165, 1.54) is 6.08 Å². The van der Waals surface area contributed by atoms with Gasteiger partial charge in [0.2, 0.25) is 0 Å². The van der Waals surface area contributed by atoms with Crippen molar-refractivity contribution in [2.45, 2.75) is 19.8 Å². The van der Waals surface area contributed by atoms with Crippen molar-refractivity contribution < 1.29 is 19.4 Å². The van der Waals surface area contributed by atoms with Gasteiger partial charge < -0.3 is 14.7 Å². The second-order valence-electron chi connectivity index (χ2n) is 4.47. The fraction of sp³-hybridized carbons (Fsp3) is 0.538. The first-order valence-corrected chi connectivity index (χ1v) is 5.75. The summed E-state index contributed by atoms with van der Waals surface area (Å²) < 4.78 is 4.94. The Morgan fingerprint density at radius 2 is 2.11 bits per heavy atom. The standard InChI is InChI=1S/C13H17NO4/c1-3-10-18-12(17)14-8-6-13(2,7-9-14)5-4-11(15)16/h3H,1,6-10H2,2H3,(H,15,16). The predicted molar refractivity (Wildman–Crippen MR) is 65.9 cm³/mol. The Hall–Kier alpha value is -1.96. The maximum Gasteiger partial charge on any atom is 0.410 e. The van der Waals surface area contributed by atoms with Gasteiger partial charge in [0.05, 0.1) is 0 Å². The van der Waals surface area contributed by atoms with Crippen LogP contribution in [0.2, 0.25) is 0 Å². The van der Waals surface area contributed by atoms with Gasteiger partial charge >= 0.3 is 12.1 Å². The van der Waals surface area contributed by atoms with Gasteiger partial charge in [-0.2, -0.15) is 0 Å². The Morgan fingerprint density at radius 1 is 1.50 bits per heavy atom. The monoisotopic (exact) mass is 251 g/mol. The highest BCUT2D eigenvalue weighted by molar-refractivity contribution is 5.86. The minimum Gasteiger partial charge on any atom is -0.472 e. The van der Waals surface area contributed by atoms with E-state index in [0.29, 0.717) is 25.9 Å². The van der Waals surface area contributed by atoms with Crippen LogP contribution in [0.1, 0.15) is 19.8 Å². The third-order valence-electron chi connectivity index (χ3n) is 2.92. The minimum atomic E-state index is -1.12. The average Bonchev–Trinajstić information content (AvgIpc) is 2.34. The number of hydrogen-bond donors (Lipinski definition) is 1. The maximum absolute atomic E-state index is 11.6. The SMILES string of the molecule is C=CCOC(=O)N1CCC(C)(C#CC(=O)O)CC1. The van der Waals surface area contributed by atoms with Gasteiger partial charge in [-0.15, -0.1) is 0 Å². The quantitative estimate of drug-likeness (QED) is 0.596. The van der Waals surface area contributed by atoms with E-state index in [2.05, 4.69) is 18.4 Å². The first-order valence-electron chi connectivity index (χ1n) is 5.75. The van der Waals surface area contributed by atoms with E-state index in [9.17, 15) is 9.59 Å². The zero-order chi connectivity index (χ0) is 13.6. The molecule has 0 aromatic heterocycles. The molecule has 5 heteroatoms. The van der Waals surface area contributed by atoms with Crippen LogP contribution in [0.25, 0.3) is 0 Å². The first kappa shape index (κ1) is 14.1. The summed E-state index contributed by atoms with van der Waals surface area (Å²) in [6.45, 7) is 6.64. The minimum absolute atomic E-state index is 0.200. The summed E-state index contributed by atoms with van der Waals surface area (Å²) >= 11 is 0. The van der Waals surface area contributed by atoms with Crippen LogP contribution >= 0.6 is 0 Å². The van der Waals surface area contributed by atoms with E-state index in [-0.39, 0.29) is 18.1 Å². The molecule has 0 radical (unpaired) electrons. The van der Waals surface area contributed by atoms with Crippen molar-refractivity contribution in [3.8, 4) is 11.8 Å². The van der Waals surface area contributed by atoms with Gasteiger partial charge in [-0.05, 0) is 19.8 Å². The van der Waals surface area contributed by atoms with Gasteiger partial charge in [0.25, 0.3) is 0 Å². The van der Waals surface area contributed by atoms with Crippen LogP contribution in [0.15, 0.2) is 12.7 Å². The van der Waals surface area contributed by atoms with Crippen LogP contribution in [0.3, 0.4) is 0 Å². The molecule has 0 bridgehead atoms. The molecule has 0 unspecified atom stereocenters. The Morgan fingerprint density at radius 3 is 2.61 bits per heavy atom. The van der Waals surface area contributed by atoms with E-state index in [4.69, 9.17) is 9.84 Å². The lowest BCUT2D eigenvalue weighted by atomic mass is 9.81. The lowest BCUT2D eigenvalue weighted by Crippen LogP contribution is -2.42. The molecule has 1 amide bonds. The normalized spacial score (nSPS) is 17.3. The Bertz CT molecular complexity index is 397. The molecule has 1 fully saturated rings. The summed E-state index contributed by atoms with van der Waals surface area (Å²) in [5.41, 5.74) is -0.340. The molecule has 0 aromatic rings. The molecule has 0 spiro atoms. The molecule has 1 aliphatic rings. The van der Waals surface area contributed by atoms with Crippen molar-refractivity contribution in [1.29, 1.82) is 0 Å². The molecule has 1 N–H and O–H groups in total. The molecular formula is C13H17NO4. The maximum atomic E-state index is 11.6. The van der Waals surface area contributed by atoms with Crippen molar-refractivity contribution >= 4 is 12.1 Å². The lowest BCUT2D eigenvalue weighted by molar-refractivity contribution is -0.130. The van der Waals surface area contributed by atoms with E-state index >= 15 is 0 Å². The van der Waals surface area contributed by atoms with Gasteiger partial charge in [-0.25, -0.2) is 9.59 Å². The van der Waals surface area contributed by atoms with Crippen LogP contribution in [-0.2, 0) is 9.53 Å². The Kier molecular flexibility index (Phi) is 4.78. The van der Waals surface area contributed by atoms with Crippen LogP contribution < -0.4 is 0 Å². The largest absolute Gasteiger partial charge is 0.472 e. The fourth-order valence-electron chi connectivity index (χ4n) is 1.73. The molecule has 1 heterocycles. The zero-order valence-electron chi connectivity index (χ0n) is 10.4. The number of hydrogen-bond acceptors (Lipinski definition) is 3. The molecule has 98 valence electrons. The summed E-state index contributed by atoms with van der Waals surface area (Å²) in [6, 6.07) is 0. The number of carboxylic acids is 1. The van der Waals surface area contributed by atoms with Gasteiger partial charge in [-0.3, -0.25) is 0 Å². The number of likely N-dealkylation sites (tertiary alicyclic amines) is 1. The van der Waals surface area contributed by atoms with E-state index in [0.717, 1.165) is 0 Å². The third-order valence-corrected chi connectivity index (χ3v) is 2.92. The van der Waals surface area contributed by atoms with Gasteiger partial charge in [0.15, 0.2) is 0 Å². The molecule has 0 aromatic carbocycles. The fourth-order valence-corrected chi connectivity index (χ4v) is 1.73.